The van der Waals surface area contributed by atoms with Gasteiger partial charge in [0.15, 0.2) is 0 Å². The zero-order chi connectivity index (χ0) is 15.5. The molecular formula is C16H21FN4. The maximum atomic E-state index is 13.6. The third-order valence-electron chi connectivity index (χ3n) is 3.07. The number of anilines is 2. The predicted molar refractivity (Wildman–Crippen MR) is 84.0 cm³/mol. The van der Waals surface area contributed by atoms with E-state index in [1.165, 1.54) is 6.07 Å². The highest BCUT2D eigenvalue weighted by atomic mass is 19.1. The van der Waals surface area contributed by atoms with E-state index < -0.39 is 0 Å². The molecule has 0 bridgehead atoms. The van der Waals surface area contributed by atoms with Crippen LogP contribution in [0.15, 0.2) is 30.3 Å². The average molecular weight is 288 g/mol. The van der Waals surface area contributed by atoms with Crippen molar-refractivity contribution in [2.24, 2.45) is 0 Å². The Morgan fingerprint density at radius 1 is 1.10 bits per heavy atom. The van der Waals surface area contributed by atoms with Crippen LogP contribution in [0.25, 0.3) is 0 Å². The average Bonchev–Trinajstić information content (AvgIpc) is 2.45. The SMILES string of the molecule is CNc1cc(NCc2ccccc2F)nc(C(C)(C)C)n1. The first-order valence-corrected chi connectivity index (χ1v) is 6.95. The molecule has 0 saturated heterocycles. The maximum absolute atomic E-state index is 13.6. The third kappa shape index (κ3) is 3.90. The normalized spacial score (nSPS) is 11.3. The van der Waals surface area contributed by atoms with E-state index in [1.807, 2.05) is 19.2 Å². The Bertz CT molecular complexity index is 620. The highest BCUT2D eigenvalue weighted by molar-refractivity contribution is 5.48. The van der Waals surface area contributed by atoms with Crippen LogP contribution in [0.1, 0.15) is 32.2 Å². The van der Waals surface area contributed by atoms with Gasteiger partial charge in [-0.25, -0.2) is 14.4 Å². The first-order valence-electron chi connectivity index (χ1n) is 6.95. The molecule has 0 radical (unpaired) electrons. The molecule has 4 nitrogen and oxygen atoms in total. The lowest BCUT2D eigenvalue weighted by Crippen LogP contribution is -2.18. The molecule has 0 aliphatic heterocycles. The van der Waals surface area contributed by atoms with Gasteiger partial charge >= 0.3 is 0 Å². The summed E-state index contributed by atoms with van der Waals surface area (Å²) in [5.41, 5.74) is 0.459. The fourth-order valence-corrected chi connectivity index (χ4v) is 1.83. The summed E-state index contributed by atoms with van der Waals surface area (Å²) in [6.07, 6.45) is 0. The van der Waals surface area contributed by atoms with Crippen LogP contribution in [-0.4, -0.2) is 17.0 Å². The van der Waals surface area contributed by atoms with Crippen LogP contribution in [0.5, 0.6) is 0 Å². The lowest BCUT2D eigenvalue weighted by molar-refractivity contribution is 0.546. The molecule has 0 unspecified atom stereocenters. The van der Waals surface area contributed by atoms with E-state index in [0.29, 0.717) is 17.9 Å². The number of halogens is 1. The smallest absolute Gasteiger partial charge is 0.138 e. The molecule has 0 fully saturated rings. The highest BCUT2D eigenvalue weighted by Gasteiger charge is 2.19. The minimum atomic E-state index is -0.219. The van der Waals surface area contributed by atoms with Gasteiger partial charge in [0.1, 0.15) is 23.3 Å². The molecule has 0 aliphatic rings. The lowest BCUT2D eigenvalue weighted by Gasteiger charge is -2.19. The Hall–Kier alpha value is -2.17. The van der Waals surface area contributed by atoms with Gasteiger partial charge in [-0.3, -0.25) is 0 Å². The first kappa shape index (κ1) is 15.2. The molecule has 1 aromatic heterocycles. The number of nitrogens with zero attached hydrogens (tertiary/aromatic N) is 2. The summed E-state index contributed by atoms with van der Waals surface area (Å²) in [7, 11) is 1.81. The molecule has 0 aliphatic carbocycles. The Balaban J connectivity index is 2.22. The zero-order valence-corrected chi connectivity index (χ0v) is 12.9. The molecule has 2 N–H and O–H groups in total. The van der Waals surface area contributed by atoms with Crippen molar-refractivity contribution < 1.29 is 4.39 Å². The summed E-state index contributed by atoms with van der Waals surface area (Å²) in [6, 6.07) is 8.53. The van der Waals surface area contributed by atoms with Gasteiger partial charge in [-0.05, 0) is 6.07 Å². The molecule has 1 aromatic carbocycles. The minimum absolute atomic E-state index is 0.152. The summed E-state index contributed by atoms with van der Waals surface area (Å²) in [5.74, 6) is 1.95. The number of aromatic nitrogens is 2. The van der Waals surface area contributed by atoms with Gasteiger partial charge in [0.2, 0.25) is 0 Å². The number of rotatable bonds is 4. The van der Waals surface area contributed by atoms with Gasteiger partial charge in [0.05, 0.1) is 0 Å². The third-order valence-corrected chi connectivity index (χ3v) is 3.07. The van der Waals surface area contributed by atoms with Gasteiger partial charge < -0.3 is 10.6 Å². The van der Waals surface area contributed by atoms with Crippen molar-refractivity contribution in [2.75, 3.05) is 17.7 Å². The monoisotopic (exact) mass is 288 g/mol. The molecule has 0 spiro atoms. The molecule has 21 heavy (non-hydrogen) atoms. The lowest BCUT2D eigenvalue weighted by atomic mass is 9.96. The minimum Gasteiger partial charge on any atom is -0.373 e. The van der Waals surface area contributed by atoms with E-state index in [0.717, 1.165) is 11.6 Å². The highest BCUT2D eigenvalue weighted by Crippen LogP contribution is 2.22. The van der Waals surface area contributed by atoms with E-state index in [2.05, 4.69) is 41.4 Å². The van der Waals surface area contributed by atoms with Crippen LogP contribution < -0.4 is 10.6 Å². The van der Waals surface area contributed by atoms with Crippen LogP contribution in [0.4, 0.5) is 16.0 Å². The van der Waals surface area contributed by atoms with Crippen LogP contribution >= 0.6 is 0 Å². The second-order valence-corrected chi connectivity index (χ2v) is 5.91. The number of hydrogen-bond acceptors (Lipinski definition) is 4. The van der Waals surface area contributed by atoms with E-state index >= 15 is 0 Å². The van der Waals surface area contributed by atoms with Gasteiger partial charge in [0, 0.05) is 30.6 Å². The van der Waals surface area contributed by atoms with Crippen LogP contribution in [-0.2, 0) is 12.0 Å². The van der Waals surface area contributed by atoms with E-state index in [9.17, 15) is 4.39 Å². The van der Waals surface area contributed by atoms with Crippen molar-refractivity contribution in [1.82, 2.24) is 9.97 Å². The fraction of sp³-hybridized carbons (Fsp3) is 0.375. The van der Waals surface area contributed by atoms with Gasteiger partial charge in [-0.15, -0.1) is 0 Å². The van der Waals surface area contributed by atoms with Crippen molar-refractivity contribution >= 4 is 11.6 Å². The second-order valence-electron chi connectivity index (χ2n) is 5.91. The molecule has 0 amide bonds. The number of hydrogen-bond donors (Lipinski definition) is 2. The second kappa shape index (κ2) is 6.08. The predicted octanol–water partition coefficient (Wildman–Crippen LogP) is 3.57. The summed E-state index contributed by atoms with van der Waals surface area (Å²) < 4.78 is 13.6. The molecule has 2 aromatic rings. The van der Waals surface area contributed by atoms with E-state index in [1.54, 1.807) is 12.1 Å². The van der Waals surface area contributed by atoms with Crippen molar-refractivity contribution in [3.05, 3.63) is 47.5 Å². The largest absolute Gasteiger partial charge is 0.373 e. The van der Waals surface area contributed by atoms with E-state index in [4.69, 9.17) is 0 Å². The topological polar surface area (TPSA) is 49.8 Å². The Morgan fingerprint density at radius 2 is 1.76 bits per heavy atom. The Morgan fingerprint density at radius 3 is 2.38 bits per heavy atom. The standard InChI is InChI=1S/C16H21FN4/c1-16(2,3)15-20-13(18-4)9-14(21-15)19-10-11-7-5-6-8-12(11)17/h5-9H,10H2,1-4H3,(H2,18,19,20,21). The van der Waals surface area contributed by atoms with Crippen molar-refractivity contribution in [2.45, 2.75) is 32.7 Å². The van der Waals surface area contributed by atoms with Gasteiger partial charge in [-0.2, -0.15) is 0 Å². The number of benzene rings is 1. The zero-order valence-electron chi connectivity index (χ0n) is 12.9. The van der Waals surface area contributed by atoms with Crippen LogP contribution in [0.2, 0.25) is 0 Å². The van der Waals surface area contributed by atoms with Crippen LogP contribution in [0.3, 0.4) is 0 Å². The molecule has 0 atom stereocenters. The quantitative estimate of drug-likeness (QED) is 0.903. The van der Waals surface area contributed by atoms with Gasteiger partial charge in [0.25, 0.3) is 0 Å². The summed E-state index contributed by atoms with van der Waals surface area (Å²) >= 11 is 0. The fourth-order valence-electron chi connectivity index (χ4n) is 1.83. The van der Waals surface area contributed by atoms with Crippen molar-refractivity contribution in [3.8, 4) is 0 Å². The molecule has 2 rings (SSSR count). The summed E-state index contributed by atoms with van der Waals surface area (Å²) in [4.78, 5) is 8.97. The van der Waals surface area contributed by atoms with Gasteiger partial charge in [-0.1, -0.05) is 39.0 Å². The molecule has 112 valence electrons. The first-order chi connectivity index (χ1) is 9.90. The summed E-state index contributed by atoms with van der Waals surface area (Å²) in [6.45, 7) is 6.56. The molecule has 1 heterocycles. The molecular weight excluding hydrogens is 267 g/mol. The maximum Gasteiger partial charge on any atom is 0.138 e. The van der Waals surface area contributed by atoms with Crippen LogP contribution in [0, 0.1) is 5.82 Å². The number of nitrogens with one attached hydrogen (secondary N) is 2. The van der Waals surface area contributed by atoms with Crippen molar-refractivity contribution in [3.63, 3.8) is 0 Å². The molecule has 0 saturated carbocycles. The Kier molecular flexibility index (Phi) is 4.40. The Labute approximate surface area is 124 Å². The summed E-state index contributed by atoms with van der Waals surface area (Å²) in [5, 5.41) is 6.18. The van der Waals surface area contributed by atoms with E-state index in [-0.39, 0.29) is 11.2 Å². The molecule has 5 heteroatoms. The van der Waals surface area contributed by atoms with Crippen molar-refractivity contribution in [1.29, 1.82) is 0 Å².